The van der Waals surface area contributed by atoms with Gasteiger partial charge in [-0.3, -0.25) is 9.52 Å². The number of hydrogen-bond donors (Lipinski definition) is 2. The molecule has 3 aromatic rings. The minimum atomic E-state index is -4.11. The molecule has 11 heteroatoms. The molecule has 36 heavy (non-hydrogen) atoms. The predicted octanol–water partition coefficient (Wildman–Crippen LogP) is 4.09. The van der Waals surface area contributed by atoms with Crippen LogP contribution in [0.3, 0.4) is 0 Å². The van der Waals surface area contributed by atoms with Crippen LogP contribution in [0.2, 0.25) is 0 Å². The van der Waals surface area contributed by atoms with E-state index in [0.717, 1.165) is 18.2 Å². The number of aromatic nitrogens is 1. The van der Waals surface area contributed by atoms with Crippen molar-refractivity contribution in [1.29, 1.82) is 0 Å². The molecular formula is C25H25FN2O7S. The molecule has 0 fully saturated rings. The smallest absolute Gasteiger partial charge is 0.339 e. The van der Waals surface area contributed by atoms with Crippen molar-refractivity contribution in [2.75, 3.05) is 11.8 Å². The second-order valence-corrected chi connectivity index (χ2v) is 9.77. The van der Waals surface area contributed by atoms with E-state index in [1.165, 1.54) is 38.3 Å². The third kappa shape index (κ3) is 5.46. The highest BCUT2D eigenvalue weighted by Crippen LogP contribution is 2.23. The van der Waals surface area contributed by atoms with Gasteiger partial charge in [0.05, 0.1) is 28.8 Å². The van der Waals surface area contributed by atoms with Gasteiger partial charge < -0.3 is 14.5 Å². The Morgan fingerprint density at radius 3 is 2.25 bits per heavy atom. The molecule has 0 aliphatic rings. The average Bonchev–Trinajstić information content (AvgIpc) is 3.13. The van der Waals surface area contributed by atoms with Crippen molar-refractivity contribution in [2.45, 2.75) is 38.7 Å². The molecule has 0 saturated carbocycles. The van der Waals surface area contributed by atoms with Gasteiger partial charge in [0.15, 0.2) is 6.10 Å². The number of nitrogens with one attached hydrogen (secondary N) is 2. The Bertz CT molecular complexity index is 1440. The van der Waals surface area contributed by atoms with Crippen LogP contribution >= 0.6 is 0 Å². The zero-order valence-electron chi connectivity index (χ0n) is 20.3. The first-order valence-corrected chi connectivity index (χ1v) is 12.3. The minimum absolute atomic E-state index is 0.0885. The van der Waals surface area contributed by atoms with E-state index in [1.54, 1.807) is 20.8 Å². The van der Waals surface area contributed by atoms with Gasteiger partial charge in [0.1, 0.15) is 5.82 Å². The first-order chi connectivity index (χ1) is 16.9. The molecule has 0 bridgehead atoms. The van der Waals surface area contributed by atoms with Crippen molar-refractivity contribution in [3.63, 3.8) is 0 Å². The second-order valence-electron chi connectivity index (χ2n) is 8.12. The molecule has 9 nitrogen and oxygen atoms in total. The van der Waals surface area contributed by atoms with Crippen molar-refractivity contribution < 1.29 is 36.7 Å². The summed E-state index contributed by atoms with van der Waals surface area (Å²) in [5.74, 6) is -2.61. The van der Waals surface area contributed by atoms with Gasteiger partial charge in [0.25, 0.3) is 10.0 Å². The largest absolute Gasteiger partial charge is 0.465 e. The second kappa shape index (κ2) is 10.3. The van der Waals surface area contributed by atoms with Crippen LogP contribution in [0, 0.1) is 26.6 Å². The zero-order chi connectivity index (χ0) is 26.8. The van der Waals surface area contributed by atoms with Gasteiger partial charge in [-0.2, -0.15) is 0 Å². The maximum Gasteiger partial charge on any atom is 0.339 e. The Morgan fingerprint density at radius 1 is 1.00 bits per heavy atom. The summed E-state index contributed by atoms with van der Waals surface area (Å²) in [6, 6.07) is 8.71. The Balaban J connectivity index is 1.82. The lowest BCUT2D eigenvalue weighted by Crippen LogP contribution is -2.25. The molecule has 2 aromatic carbocycles. The Kier molecular flexibility index (Phi) is 7.63. The summed E-state index contributed by atoms with van der Waals surface area (Å²) in [6.07, 6.45) is -1.24. The lowest BCUT2D eigenvalue weighted by molar-refractivity contribution is 0.0316. The number of carbonyl (C=O) groups is 3. The van der Waals surface area contributed by atoms with Crippen LogP contribution in [0.1, 0.15) is 54.9 Å². The van der Waals surface area contributed by atoms with E-state index < -0.39 is 39.7 Å². The molecule has 190 valence electrons. The minimum Gasteiger partial charge on any atom is -0.465 e. The molecule has 0 aliphatic heterocycles. The van der Waals surface area contributed by atoms with E-state index in [9.17, 15) is 27.2 Å². The number of aryl methyl sites for hydroxylation is 2. The lowest BCUT2D eigenvalue weighted by Gasteiger charge is -2.14. The number of Topliss-reactive ketones (excluding diaryl/α,β-unsaturated/α-hetero) is 1. The molecule has 1 heterocycles. The number of ether oxygens (including phenoxy) is 2. The molecule has 0 spiro atoms. The predicted molar refractivity (Wildman–Crippen MR) is 129 cm³/mol. The van der Waals surface area contributed by atoms with E-state index in [-0.39, 0.29) is 27.4 Å². The third-order valence-electron chi connectivity index (χ3n) is 5.54. The number of ketones is 1. The molecular weight excluding hydrogens is 491 g/mol. The van der Waals surface area contributed by atoms with E-state index in [4.69, 9.17) is 9.47 Å². The number of benzene rings is 2. The monoisotopic (exact) mass is 516 g/mol. The zero-order valence-corrected chi connectivity index (χ0v) is 21.1. The number of halogens is 1. The van der Waals surface area contributed by atoms with Gasteiger partial charge in [-0.05, 0) is 75.2 Å². The van der Waals surface area contributed by atoms with Crippen molar-refractivity contribution in [3.8, 4) is 0 Å². The van der Waals surface area contributed by atoms with Crippen LogP contribution in [0.5, 0.6) is 0 Å². The van der Waals surface area contributed by atoms with Gasteiger partial charge >= 0.3 is 11.9 Å². The first-order valence-electron chi connectivity index (χ1n) is 10.8. The highest BCUT2D eigenvalue weighted by Gasteiger charge is 2.28. The number of sulfonamides is 1. The number of methoxy groups -OCH3 is 1. The number of anilines is 1. The molecule has 1 atom stereocenters. The SMILES string of the molecule is COC(=O)c1c(C)[nH]c(C(=O)[C@H](C)OC(=O)c2ccc(C)c(S(=O)(=O)Nc3ccc(F)cc3)c2)c1C. The first kappa shape index (κ1) is 26.6. The van der Waals surface area contributed by atoms with Gasteiger partial charge in [0.2, 0.25) is 5.78 Å². The van der Waals surface area contributed by atoms with Crippen molar-refractivity contribution in [1.82, 2.24) is 4.98 Å². The summed E-state index contributed by atoms with van der Waals surface area (Å²) in [6.45, 7) is 6.11. The molecule has 0 unspecified atom stereocenters. The van der Waals surface area contributed by atoms with E-state index in [0.29, 0.717) is 16.8 Å². The van der Waals surface area contributed by atoms with Crippen molar-refractivity contribution in [2.24, 2.45) is 0 Å². The van der Waals surface area contributed by atoms with Crippen LogP contribution in [-0.4, -0.2) is 44.3 Å². The summed E-state index contributed by atoms with van der Waals surface area (Å²) in [5, 5.41) is 0. The maximum absolute atomic E-state index is 13.1. The summed E-state index contributed by atoms with van der Waals surface area (Å²) in [7, 11) is -2.89. The Labute approximate surface area is 207 Å². The number of aromatic amines is 1. The number of esters is 2. The number of hydrogen-bond acceptors (Lipinski definition) is 7. The fraction of sp³-hybridized carbons (Fsp3) is 0.240. The van der Waals surface area contributed by atoms with Gasteiger partial charge in [0, 0.05) is 11.4 Å². The molecule has 0 radical (unpaired) electrons. The average molecular weight is 517 g/mol. The van der Waals surface area contributed by atoms with Crippen LogP contribution < -0.4 is 4.72 Å². The third-order valence-corrected chi connectivity index (χ3v) is 7.06. The van der Waals surface area contributed by atoms with Gasteiger partial charge in [-0.25, -0.2) is 22.4 Å². The summed E-state index contributed by atoms with van der Waals surface area (Å²) in [5.41, 5.74) is 1.54. The fourth-order valence-electron chi connectivity index (χ4n) is 3.63. The number of H-pyrrole nitrogens is 1. The summed E-state index contributed by atoms with van der Waals surface area (Å²) < 4.78 is 51.3. The summed E-state index contributed by atoms with van der Waals surface area (Å²) >= 11 is 0. The van der Waals surface area contributed by atoms with Gasteiger partial charge in [-0.1, -0.05) is 6.07 Å². The number of rotatable bonds is 8. The summed E-state index contributed by atoms with van der Waals surface area (Å²) in [4.78, 5) is 40.3. The Hall–Kier alpha value is -3.99. The van der Waals surface area contributed by atoms with E-state index >= 15 is 0 Å². The highest BCUT2D eigenvalue weighted by molar-refractivity contribution is 7.92. The molecule has 1 aromatic heterocycles. The van der Waals surface area contributed by atoms with Crippen LogP contribution in [0.15, 0.2) is 47.4 Å². The fourth-order valence-corrected chi connectivity index (χ4v) is 4.97. The lowest BCUT2D eigenvalue weighted by atomic mass is 10.1. The normalized spacial score (nSPS) is 12.1. The van der Waals surface area contributed by atoms with Gasteiger partial charge in [-0.15, -0.1) is 0 Å². The molecule has 0 saturated heterocycles. The maximum atomic E-state index is 13.1. The van der Waals surface area contributed by atoms with Crippen molar-refractivity contribution in [3.05, 3.63) is 81.9 Å². The molecule has 0 amide bonds. The Morgan fingerprint density at radius 2 is 1.64 bits per heavy atom. The molecule has 0 aliphatic carbocycles. The van der Waals surface area contributed by atoms with Crippen LogP contribution in [0.4, 0.5) is 10.1 Å². The molecule has 3 rings (SSSR count). The van der Waals surface area contributed by atoms with E-state index in [2.05, 4.69) is 9.71 Å². The topological polar surface area (TPSA) is 132 Å². The van der Waals surface area contributed by atoms with Crippen LogP contribution in [-0.2, 0) is 19.5 Å². The van der Waals surface area contributed by atoms with Crippen LogP contribution in [0.25, 0.3) is 0 Å². The van der Waals surface area contributed by atoms with Crippen molar-refractivity contribution >= 4 is 33.4 Å². The van der Waals surface area contributed by atoms with E-state index in [1.807, 2.05) is 0 Å². The molecule has 2 N–H and O–H groups in total. The quantitative estimate of drug-likeness (QED) is 0.340. The highest BCUT2D eigenvalue weighted by atomic mass is 32.2. The number of carbonyl (C=O) groups excluding carboxylic acids is 3. The standard InChI is InChI=1S/C25H25FN2O7S/c1-13-6-7-17(12-20(13)36(32,33)28-19-10-8-18(26)9-11-19)24(30)35-16(4)23(29)22-14(2)21(15(3)27-22)25(31)34-5/h6-12,16,27-28H,1-5H3/t16-/m0/s1.